The summed E-state index contributed by atoms with van der Waals surface area (Å²) in [6.45, 7) is 10.4. The van der Waals surface area contributed by atoms with Crippen molar-refractivity contribution in [3.05, 3.63) is 46.9 Å². The molecule has 0 saturated carbocycles. The van der Waals surface area contributed by atoms with E-state index in [9.17, 15) is 18.8 Å². The van der Waals surface area contributed by atoms with Crippen LogP contribution in [0.2, 0.25) is 0 Å². The Morgan fingerprint density at radius 1 is 1.21 bits per heavy atom. The van der Waals surface area contributed by atoms with Gasteiger partial charge >= 0.3 is 18.0 Å². The van der Waals surface area contributed by atoms with E-state index >= 15 is 0 Å². The van der Waals surface area contributed by atoms with Gasteiger partial charge in [0.1, 0.15) is 5.82 Å². The van der Waals surface area contributed by atoms with Gasteiger partial charge in [0.2, 0.25) is 0 Å². The number of carbonyl (C=O) groups excluding carboxylic acids is 3. The number of hydrogen-bond acceptors (Lipinski definition) is 5. The van der Waals surface area contributed by atoms with Crippen molar-refractivity contribution < 1.29 is 23.5 Å². The van der Waals surface area contributed by atoms with Crippen molar-refractivity contribution in [3.8, 4) is 0 Å². The first-order valence-electron chi connectivity index (χ1n) is 11.8. The molecule has 2 aliphatic heterocycles. The van der Waals surface area contributed by atoms with Crippen LogP contribution in [0.5, 0.6) is 0 Å². The number of carbonyl (C=O) groups is 3. The minimum absolute atomic E-state index is 0.0539. The first kappa shape index (κ1) is 25.5. The topological polar surface area (TPSA) is 94.2 Å². The molecule has 2 aliphatic rings. The van der Waals surface area contributed by atoms with Gasteiger partial charge in [0.05, 0.1) is 18.2 Å². The molecule has 1 aromatic carbocycles. The summed E-state index contributed by atoms with van der Waals surface area (Å²) in [5.41, 5.74) is 0.936. The normalized spacial score (nSPS) is 21.4. The summed E-state index contributed by atoms with van der Waals surface area (Å²) in [4.78, 5) is 43.8. The Hall–Kier alpha value is -3.14. The lowest BCUT2D eigenvalue weighted by Crippen LogP contribution is -2.58. The summed E-state index contributed by atoms with van der Waals surface area (Å²) in [7, 11) is 0. The number of urea groups is 2. The number of esters is 1. The summed E-state index contributed by atoms with van der Waals surface area (Å²) in [6.07, 6.45) is 0. The Morgan fingerprint density at radius 3 is 2.56 bits per heavy atom. The van der Waals surface area contributed by atoms with Crippen molar-refractivity contribution in [1.29, 1.82) is 0 Å². The lowest BCUT2D eigenvalue weighted by Gasteiger charge is -2.42. The van der Waals surface area contributed by atoms with E-state index < -0.39 is 23.9 Å². The highest BCUT2D eigenvalue weighted by Gasteiger charge is 2.40. The minimum atomic E-state index is -0.959. The fourth-order valence-corrected chi connectivity index (χ4v) is 4.54. The monoisotopic (exact) mass is 475 g/mol. The van der Waals surface area contributed by atoms with Crippen LogP contribution >= 0.6 is 0 Å². The summed E-state index contributed by atoms with van der Waals surface area (Å²) in [5.74, 6) is -1.10. The molecule has 3 rings (SSSR count). The number of nitrogens with one attached hydrogen (secondary N) is 2. The lowest BCUT2D eigenvalue weighted by atomic mass is 9.93. The Morgan fingerprint density at radius 2 is 1.94 bits per heavy atom. The molecule has 2 heterocycles. The zero-order valence-electron chi connectivity index (χ0n) is 20.3. The molecular formula is C24H34FN5O4. The number of halogens is 1. The number of ether oxygens (including phenoxy) is 1. The summed E-state index contributed by atoms with van der Waals surface area (Å²) in [6, 6.07) is 4.58. The third-order valence-electron chi connectivity index (χ3n) is 6.14. The molecule has 34 heavy (non-hydrogen) atoms. The highest BCUT2D eigenvalue weighted by atomic mass is 19.1. The largest absolute Gasteiger partial charge is 0.463 e. The van der Waals surface area contributed by atoms with Gasteiger partial charge in [0, 0.05) is 56.6 Å². The fraction of sp³-hybridized carbons (Fsp3) is 0.542. The van der Waals surface area contributed by atoms with Crippen molar-refractivity contribution in [2.75, 3.05) is 45.9 Å². The molecule has 1 fully saturated rings. The van der Waals surface area contributed by atoms with Gasteiger partial charge in [-0.1, -0.05) is 18.2 Å². The second-order valence-corrected chi connectivity index (χ2v) is 8.34. The zero-order chi connectivity index (χ0) is 24.8. The first-order chi connectivity index (χ1) is 16.3. The second-order valence-electron chi connectivity index (χ2n) is 8.34. The molecule has 0 bridgehead atoms. The molecule has 186 valence electrons. The average Bonchev–Trinajstić information content (AvgIpc) is 2.79. The van der Waals surface area contributed by atoms with Crippen LogP contribution in [0.3, 0.4) is 0 Å². The standard InChI is InChI=1S/C24H34FN5O4/c1-5-26-23(32)30-13-12-28(14-16(30)4)15-19-20(22(31)34-7-3)21(27-24(33)29(19)6-2)17-10-8-9-11-18(17)25/h8-11,16,21H,5-7,12-15H2,1-4H3,(H,26,32)(H,27,33)/t16-,21-/m1/s1. The van der Waals surface area contributed by atoms with Gasteiger partial charge in [-0.2, -0.15) is 0 Å². The van der Waals surface area contributed by atoms with Crippen molar-refractivity contribution in [2.45, 2.75) is 39.8 Å². The highest BCUT2D eigenvalue weighted by molar-refractivity contribution is 5.95. The van der Waals surface area contributed by atoms with E-state index in [0.717, 1.165) is 0 Å². The van der Waals surface area contributed by atoms with E-state index in [0.29, 0.717) is 45.0 Å². The molecule has 9 nitrogen and oxygen atoms in total. The van der Waals surface area contributed by atoms with Gasteiger partial charge in [-0.05, 0) is 33.8 Å². The molecule has 0 unspecified atom stereocenters. The Bertz CT molecular complexity index is 953. The van der Waals surface area contributed by atoms with Crippen LogP contribution in [0, 0.1) is 5.82 Å². The van der Waals surface area contributed by atoms with Crippen LogP contribution in [0.4, 0.5) is 14.0 Å². The van der Waals surface area contributed by atoms with Gasteiger partial charge in [0.15, 0.2) is 0 Å². The highest BCUT2D eigenvalue weighted by Crippen LogP contribution is 2.33. The molecule has 0 radical (unpaired) electrons. The summed E-state index contributed by atoms with van der Waals surface area (Å²) in [5, 5.41) is 5.61. The van der Waals surface area contributed by atoms with Gasteiger partial charge in [-0.3, -0.25) is 9.80 Å². The van der Waals surface area contributed by atoms with E-state index in [1.165, 1.54) is 11.0 Å². The number of nitrogens with zero attached hydrogens (tertiary/aromatic N) is 3. The van der Waals surface area contributed by atoms with Gasteiger partial charge in [-0.25, -0.2) is 18.8 Å². The fourth-order valence-electron chi connectivity index (χ4n) is 4.54. The van der Waals surface area contributed by atoms with E-state index in [1.54, 1.807) is 30.0 Å². The summed E-state index contributed by atoms with van der Waals surface area (Å²) >= 11 is 0. The Balaban J connectivity index is 1.98. The number of amides is 4. The number of hydrogen-bond donors (Lipinski definition) is 2. The zero-order valence-corrected chi connectivity index (χ0v) is 20.3. The molecule has 0 aromatic heterocycles. The summed E-state index contributed by atoms with van der Waals surface area (Å²) < 4.78 is 20.1. The smallest absolute Gasteiger partial charge is 0.338 e. The molecule has 2 N–H and O–H groups in total. The number of rotatable bonds is 7. The van der Waals surface area contributed by atoms with Crippen molar-refractivity contribution >= 4 is 18.0 Å². The molecular weight excluding hydrogens is 441 g/mol. The van der Waals surface area contributed by atoms with Crippen molar-refractivity contribution in [1.82, 2.24) is 25.3 Å². The number of likely N-dealkylation sites (N-methyl/N-ethyl adjacent to an activating group) is 1. The predicted octanol–water partition coefficient (Wildman–Crippen LogP) is 2.46. The van der Waals surface area contributed by atoms with Crippen LogP contribution in [0.25, 0.3) is 0 Å². The van der Waals surface area contributed by atoms with Crippen LogP contribution in [-0.4, -0.2) is 84.6 Å². The lowest BCUT2D eigenvalue weighted by molar-refractivity contribution is -0.139. The maximum Gasteiger partial charge on any atom is 0.338 e. The SMILES string of the molecule is CCNC(=O)N1CCN(CC2=C(C(=O)OCC)[C@@H](c3ccccc3F)NC(=O)N2CC)C[C@H]1C. The van der Waals surface area contributed by atoms with E-state index in [1.807, 2.05) is 20.8 Å². The first-order valence-corrected chi connectivity index (χ1v) is 11.8. The molecule has 0 spiro atoms. The number of benzene rings is 1. The molecule has 4 amide bonds. The van der Waals surface area contributed by atoms with Crippen molar-refractivity contribution in [2.24, 2.45) is 0 Å². The van der Waals surface area contributed by atoms with E-state index in [2.05, 4.69) is 15.5 Å². The number of piperazine rings is 1. The third kappa shape index (κ3) is 5.32. The minimum Gasteiger partial charge on any atom is -0.463 e. The molecule has 10 heteroatoms. The van der Waals surface area contributed by atoms with Crippen LogP contribution < -0.4 is 10.6 Å². The Labute approximate surface area is 199 Å². The average molecular weight is 476 g/mol. The van der Waals surface area contributed by atoms with E-state index in [-0.39, 0.29) is 29.8 Å². The molecule has 2 atom stereocenters. The van der Waals surface area contributed by atoms with Gasteiger partial charge in [0.25, 0.3) is 0 Å². The van der Waals surface area contributed by atoms with Crippen LogP contribution in [-0.2, 0) is 9.53 Å². The van der Waals surface area contributed by atoms with Crippen LogP contribution in [0.1, 0.15) is 39.3 Å². The maximum absolute atomic E-state index is 14.7. The molecule has 0 aliphatic carbocycles. The Kier molecular flexibility index (Phi) is 8.49. The van der Waals surface area contributed by atoms with E-state index in [4.69, 9.17) is 4.74 Å². The maximum atomic E-state index is 14.7. The third-order valence-corrected chi connectivity index (χ3v) is 6.14. The quantitative estimate of drug-likeness (QED) is 0.591. The van der Waals surface area contributed by atoms with Gasteiger partial charge in [-0.15, -0.1) is 0 Å². The predicted molar refractivity (Wildman–Crippen MR) is 125 cm³/mol. The van der Waals surface area contributed by atoms with Gasteiger partial charge < -0.3 is 20.3 Å². The van der Waals surface area contributed by atoms with Crippen molar-refractivity contribution in [3.63, 3.8) is 0 Å². The molecule has 1 aromatic rings. The van der Waals surface area contributed by atoms with Crippen LogP contribution in [0.15, 0.2) is 35.5 Å². The molecule has 1 saturated heterocycles. The second kappa shape index (κ2) is 11.3.